The maximum Gasteiger partial charge on any atom is 0.138 e. The van der Waals surface area contributed by atoms with E-state index in [4.69, 9.17) is 21.6 Å². The number of hydrogen-bond acceptors (Lipinski definition) is 3. The van der Waals surface area contributed by atoms with Gasteiger partial charge in [-0.3, -0.25) is 4.98 Å². The van der Waals surface area contributed by atoms with Gasteiger partial charge >= 0.3 is 0 Å². The van der Waals surface area contributed by atoms with Crippen molar-refractivity contribution in [3.05, 3.63) is 59.4 Å². The number of alkyl halides is 1. The van der Waals surface area contributed by atoms with Crippen LogP contribution in [0.25, 0.3) is 0 Å². The Hall–Kier alpha value is -2.05. The molecule has 0 fully saturated rings. The Kier molecular flexibility index (Phi) is 4.16. The van der Waals surface area contributed by atoms with Crippen LogP contribution in [0.5, 0.6) is 5.75 Å². The van der Waals surface area contributed by atoms with Crippen LogP contribution in [0.2, 0.25) is 0 Å². The molecule has 1 heterocycles. The molecule has 3 nitrogen and oxygen atoms in total. The number of halogens is 1. The number of aromatic nitrogens is 1. The standard InChI is InChI=1S/C14H11ClN2O/c15-7-13-5-6-14(9-17-13)18-10-12-4-2-1-3-11(12)8-16/h1-6,9H,7,10H2. The van der Waals surface area contributed by atoms with E-state index in [2.05, 4.69) is 11.1 Å². The lowest BCUT2D eigenvalue weighted by atomic mass is 10.1. The van der Waals surface area contributed by atoms with Crippen LogP contribution in [0, 0.1) is 11.3 Å². The van der Waals surface area contributed by atoms with E-state index in [1.165, 1.54) is 0 Å². The Morgan fingerprint density at radius 2 is 2.06 bits per heavy atom. The third-order valence-corrected chi connectivity index (χ3v) is 2.74. The molecule has 0 unspecified atom stereocenters. The summed E-state index contributed by atoms with van der Waals surface area (Å²) >= 11 is 5.65. The van der Waals surface area contributed by atoms with Crippen LogP contribution in [0.4, 0.5) is 0 Å². The molecule has 1 aromatic carbocycles. The molecule has 0 N–H and O–H groups in total. The van der Waals surface area contributed by atoms with E-state index in [1.54, 1.807) is 12.3 Å². The quantitative estimate of drug-likeness (QED) is 0.791. The topological polar surface area (TPSA) is 45.9 Å². The molecule has 0 radical (unpaired) electrons. The van der Waals surface area contributed by atoms with Gasteiger partial charge in [0.05, 0.1) is 29.4 Å². The van der Waals surface area contributed by atoms with Crippen molar-refractivity contribution < 1.29 is 4.74 Å². The maximum atomic E-state index is 8.95. The summed E-state index contributed by atoms with van der Waals surface area (Å²) < 4.78 is 5.58. The van der Waals surface area contributed by atoms with Gasteiger partial charge in [0.2, 0.25) is 0 Å². The first-order valence-electron chi connectivity index (χ1n) is 5.45. The van der Waals surface area contributed by atoms with Crippen molar-refractivity contribution in [3.8, 4) is 11.8 Å². The zero-order chi connectivity index (χ0) is 12.8. The Morgan fingerprint density at radius 3 is 2.72 bits per heavy atom. The summed E-state index contributed by atoms with van der Waals surface area (Å²) in [4.78, 5) is 4.13. The van der Waals surface area contributed by atoms with Gasteiger partial charge in [0.25, 0.3) is 0 Å². The molecule has 0 aliphatic carbocycles. The lowest BCUT2D eigenvalue weighted by Crippen LogP contribution is -1.98. The van der Waals surface area contributed by atoms with Crippen LogP contribution in [0.15, 0.2) is 42.6 Å². The largest absolute Gasteiger partial charge is 0.487 e. The van der Waals surface area contributed by atoms with Gasteiger partial charge in [-0.15, -0.1) is 11.6 Å². The van der Waals surface area contributed by atoms with Crippen LogP contribution in [0.3, 0.4) is 0 Å². The van der Waals surface area contributed by atoms with E-state index in [0.29, 0.717) is 23.8 Å². The van der Waals surface area contributed by atoms with Crippen molar-refractivity contribution >= 4 is 11.6 Å². The Balaban J connectivity index is 2.05. The Morgan fingerprint density at radius 1 is 1.22 bits per heavy atom. The molecule has 0 saturated heterocycles. The highest BCUT2D eigenvalue weighted by Gasteiger charge is 2.02. The zero-order valence-electron chi connectivity index (χ0n) is 9.64. The maximum absolute atomic E-state index is 8.95. The lowest BCUT2D eigenvalue weighted by Gasteiger charge is -2.07. The first kappa shape index (κ1) is 12.4. The molecule has 0 aliphatic rings. The van der Waals surface area contributed by atoms with Gasteiger partial charge in [-0.25, -0.2) is 0 Å². The van der Waals surface area contributed by atoms with Gasteiger partial charge in [0, 0.05) is 5.56 Å². The van der Waals surface area contributed by atoms with Crippen molar-refractivity contribution in [1.82, 2.24) is 4.98 Å². The fourth-order valence-electron chi connectivity index (χ4n) is 1.49. The highest BCUT2D eigenvalue weighted by atomic mass is 35.5. The van der Waals surface area contributed by atoms with Gasteiger partial charge in [-0.05, 0) is 18.2 Å². The molecule has 0 bridgehead atoms. The summed E-state index contributed by atoms with van der Waals surface area (Å²) in [6.45, 7) is 0.353. The van der Waals surface area contributed by atoms with E-state index < -0.39 is 0 Å². The predicted molar refractivity (Wildman–Crippen MR) is 69.3 cm³/mol. The number of nitriles is 1. The van der Waals surface area contributed by atoms with Crippen molar-refractivity contribution in [2.45, 2.75) is 12.5 Å². The number of nitrogens with zero attached hydrogens (tertiary/aromatic N) is 2. The average molecular weight is 259 g/mol. The number of benzene rings is 1. The summed E-state index contributed by atoms with van der Waals surface area (Å²) in [5, 5.41) is 8.95. The minimum Gasteiger partial charge on any atom is -0.487 e. The average Bonchev–Trinajstić information content (AvgIpc) is 2.46. The van der Waals surface area contributed by atoms with Crippen LogP contribution < -0.4 is 4.74 Å². The summed E-state index contributed by atoms with van der Waals surface area (Å²) in [6, 6.07) is 13.1. The molecule has 2 rings (SSSR count). The normalized spacial score (nSPS) is 9.78. The Bertz CT molecular complexity index is 561. The fraction of sp³-hybridized carbons (Fsp3) is 0.143. The number of ether oxygens (including phenoxy) is 1. The van der Waals surface area contributed by atoms with E-state index in [0.717, 1.165) is 11.3 Å². The number of hydrogen-bond donors (Lipinski definition) is 0. The SMILES string of the molecule is N#Cc1ccccc1COc1ccc(CCl)nc1. The van der Waals surface area contributed by atoms with Gasteiger partial charge in [0.1, 0.15) is 12.4 Å². The Labute approximate surface area is 111 Å². The third-order valence-electron chi connectivity index (χ3n) is 2.47. The molecular weight excluding hydrogens is 248 g/mol. The molecule has 0 spiro atoms. The molecule has 1 aromatic heterocycles. The van der Waals surface area contributed by atoms with Gasteiger partial charge in [-0.2, -0.15) is 5.26 Å². The van der Waals surface area contributed by atoms with E-state index in [-0.39, 0.29) is 0 Å². The van der Waals surface area contributed by atoms with Crippen LogP contribution in [-0.4, -0.2) is 4.98 Å². The van der Waals surface area contributed by atoms with Crippen molar-refractivity contribution in [2.24, 2.45) is 0 Å². The molecule has 0 aliphatic heterocycles. The van der Waals surface area contributed by atoms with Crippen LogP contribution in [-0.2, 0) is 12.5 Å². The number of pyridine rings is 1. The van der Waals surface area contributed by atoms with Gasteiger partial charge < -0.3 is 4.74 Å². The molecule has 2 aromatic rings. The first-order chi connectivity index (χ1) is 8.83. The highest BCUT2D eigenvalue weighted by molar-refractivity contribution is 6.16. The molecule has 90 valence electrons. The van der Waals surface area contributed by atoms with Crippen LogP contribution in [0.1, 0.15) is 16.8 Å². The molecular formula is C14H11ClN2O. The van der Waals surface area contributed by atoms with Crippen molar-refractivity contribution in [1.29, 1.82) is 5.26 Å². The second-order valence-corrected chi connectivity index (χ2v) is 3.94. The van der Waals surface area contributed by atoms with E-state index in [1.807, 2.05) is 30.3 Å². The minimum atomic E-state index is 0.353. The summed E-state index contributed by atoms with van der Waals surface area (Å²) in [7, 11) is 0. The van der Waals surface area contributed by atoms with Gasteiger partial charge in [-0.1, -0.05) is 18.2 Å². The summed E-state index contributed by atoms with van der Waals surface area (Å²) in [5.41, 5.74) is 2.30. The molecule has 0 amide bonds. The summed E-state index contributed by atoms with van der Waals surface area (Å²) in [5.74, 6) is 1.05. The number of rotatable bonds is 4. The second kappa shape index (κ2) is 6.04. The van der Waals surface area contributed by atoms with Crippen molar-refractivity contribution in [2.75, 3.05) is 0 Å². The fourth-order valence-corrected chi connectivity index (χ4v) is 1.65. The smallest absolute Gasteiger partial charge is 0.138 e. The highest BCUT2D eigenvalue weighted by Crippen LogP contribution is 2.14. The molecule has 4 heteroatoms. The molecule has 18 heavy (non-hydrogen) atoms. The monoisotopic (exact) mass is 258 g/mol. The second-order valence-electron chi connectivity index (χ2n) is 3.68. The lowest BCUT2D eigenvalue weighted by molar-refractivity contribution is 0.304. The zero-order valence-corrected chi connectivity index (χ0v) is 10.4. The van der Waals surface area contributed by atoms with Crippen LogP contribution >= 0.6 is 11.6 Å². The van der Waals surface area contributed by atoms with E-state index in [9.17, 15) is 0 Å². The summed E-state index contributed by atoms with van der Waals surface area (Å²) in [6.07, 6.45) is 1.63. The minimum absolute atomic E-state index is 0.353. The van der Waals surface area contributed by atoms with Crippen molar-refractivity contribution in [3.63, 3.8) is 0 Å². The first-order valence-corrected chi connectivity index (χ1v) is 5.98. The molecule has 0 atom stereocenters. The molecule has 0 saturated carbocycles. The predicted octanol–water partition coefficient (Wildman–Crippen LogP) is 3.27. The third kappa shape index (κ3) is 2.99. The van der Waals surface area contributed by atoms with E-state index >= 15 is 0 Å². The van der Waals surface area contributed by atoms with Gasteiger partial charge in [0.15, 0.2) is 0 Å².